The lowest BCUT2D eigenvalue weighted by molar-refractivity contribution is -0.0586. The summed E-state index contributed by atoms with van der Waals surface area (Å²) < 4.78 is 22.7. The van der Waals surface area contributed by atoms with Gasteiger partial charge in [-0.3, -0.25) is 0 Å². The lowest BCUT2D eigenvalue weighted by Gasteiger charge is -2.20. The molecule has 0 amide bonds. The minimum atomic E-state index is -1.41. The van der Waals surface area contributed by atoms with Gasteiger partial charge >= 0.3 is 5.63 Å². The number of phenols is 1. The van der Waals surface area contributed by atoms with E-state index < -0.39 is 36.1 Å². The Bertz CT molecular complexity index is 1540. The van der Waals surface area contributed by atoms with Gasteiger partial charge in [-0.1, -0.05) is 6.07 Å². The Morgan fingerprint density at radius 1 is 0.972 bits per heavy atom. The largest absolute Gasteiger partial charge is 0.507 e. The fourth-order valence-electron chi connectivity index (χ4n) is 5.07. The first-order chi connectivity index (χ1) is 17.2. The van der Waals surface area contributed by atoms with Gasteiger partial charge in [0.05, 0.1) is 37.7 Å². The lowest BCUT2D eigenvalue weighted by Crippen LogP contribution is -2.36. The van der Waals surface area contributed by atoms with Gasteiger partial charge in [0.2, 0.25) is 0 Å². The van der Waals surface area contributed by atoms with Crippen LogP contribution in [-0.4, -0.2) is 64.2 Å². The van der Waals surface area contributed by atoms with Gasteiger partial charge in [-0.2, -0.15) is 0 Å². The third-order valence-electron chi connectivity index (χ3n) is 6.76. The fraction of sp³-hybridized carbons (Fsp3) is 0.346. The molecule has 5 atom stereocenters. The quantitative estimate of drug-likeness (QED) is 0.203. The second kappa shape index (κ2) is 8.91. The van der Waals surface area contributed by atoms with Crippen LogP contribution in [0.25, 0.3) is 32.5 Å². The minimum absolute atomic E-state index is 0.0787. The van der Waals surface area contributed by atoms with Crippen LogP contribution in [0.2, 0.25) is 0 Å². The Morgan fingerprint density at radius 2 is 1.67 bits per heavy atom. The monoisotopic (exact) mass is 498 g/mol. The summed E-state index contributed by atoms with van der Waals surface area (Å²) in [5, 5.41) is 53.2. The molecule has 1 aliphatic heterocycles. The second-order valence-electron chi connectivity index (χ2n) is 8.89. The van der Waals surface area contributed by atoms with E-state index in [2.05, 4.69) is 0 Å². The Hall–Kier alpha value is -3.41. The van der Waals surface area contributed by atoms with Gasteiger partial charge < -0.3 is 44.2 Å². The van der Waals surface area contributed by atoms with Crippen molar-refractivity contribution in [2.24, 2.45) is 0 Å². The van der Waals surface area contributed by atoms with Crippen molar-refractivity contribution in [1.82, 2.24) is 0 Å². The molecule has 0 bridgehead atoms. The number of aromatic hydroxyl groups is 1. The number of hydrogen-bond acceptors (Lipinski definition) is 10. The average molecular weight is 498 g/mol. The average Bonchev–Trinajstić information content (AvgIpc) is 3.17. The van der Waals surface area contributed by atoms with E-state index in [0.29, 0.717) is 27.6 Å². The van der Waals surface area contributed by atoms with Crippen LogP contribution in [0.5, 0.6) is 17.2 Å². The third kappa shape index (κ3) is 3.49. The summed E-state index contributed by atoms with van der Waals surface area (Å²) >= 11 is 0. The Balaban J connectivity index is 1.95. The number of fused-ring (bicyclic) bond motifs is 5. The summed E-state index contributed by atoms with van der Waals surface area (Å²) in [5.74, 6) is 0.401. The van der Waals surface area contributed by atoms with Gasteiger partial charge in [-0.25, -0.2) is 4.79 Å². The van der Waals surface area contributed by atoms with E-state index in [1.807, 2.05) is 0 Å². The van der Waals surface area contributed by atoms with Crippen molar-refractivity contribution in [3.63, 3.8) is 0 Å². The number of hydrogen-bond donors (Lipinski definition) is 5. The van der Waals surface area contributed by atoms with E-state index >= 15 is 0 Å². The van der Waals surface area contributed by atoms with Crippen molar-refractivity contribution in [2.75, 3.05) is 14.2 Å². The Labute approximate surface area is 204 Å². The topological polar surface area (TPSA) is 159 Å². The molecule has 10 heteroatoms. The molecule has 1 saturated heterocycles. The first-order valence-electron chi connectivity index (χ1n) is 11.3. The standard InChI is InChI=1S/C26H26O10/c1-10(28)23-21(30)22(31)25(35-23)12-4-5-15(29)20-17(34-3)8-13-18-14(26(32)36-24(13)19(12)20)6-11(9-27)7-16(18)33-2/h4-8,10,21-23,25,27-31H,9H2,1-3H3/t10-,21-,22-,23+,25-/m1/s1. The zero-order chi connectivity index (χ0) is 25.9. The number of rotatable bonds is 5. The van der Waals surface area contributed by atoms with Crippen LogP contribution in [0, 0.1) is 0 Å². The van der Waals surface area contributed by atoms with Crippen molar-refractivity contribution < 1.29 is 44.2 Å². The molecule has 5 N–H and O–H groups in total. The highest BCUT2D eigenvalue weighted by Gasteiger charge is 2.46. The maximum Gasteiger partial charge on any atom is 0.344 e. The zero-order valence-electron chi connectivity index (χ0n) is 19.8. The molecule has 5 rings (SSSR count). The smallest absolute Gasteiger partial charge is 0.344 e. The van der Waals surface area contributed by atoms with Crippen molar-refractivity contribution in [3.05, 3.63) is 51.9 Å². The molecule has 0 spiro atoms. The summed E-state index contributed by atoms with van der Waals surface area (Å²) in [6.45, 7) is 1.13. The van der Waals surface area contributed by atoms with E-state index in [9.17, 15) is 30.3 Å². The van der Waals surface area contributed by atoms with Crippen LogP contribution in [0.1, 0.15) is 24.2 Å². The van der Waals surface area contributed by atoms with Gasteiger partial charge in [-0.05, 0) is 42.3 Å². The van der Waals surface area contributed by atoms with E-state index in [-0.39, 0.29) is 39.8 Å². The van der Waals surface area contributed by atoms with Gasteiger partial charge in [0.1, 0.15) is 47.2 Å². The van der Waals surface area contributed by atoms with Crippen LogP contribution in [0.3, 0.4) is 0 Å². The van der Waals surface area contributed by atoms with Crippen molar-refractivity contribution in [1.29, 1.82) is 0 Å². The summed E-state index contributed by atoms with van der Waals surface area (Å²) in [4.78, 5) is 13.2. The van der Waals surface area contributed by atoms with Crippen molar-refractivity contribution in [3.8, 4) is 17.2 Å². The normalized spacial score (nSPS) is 23.0. The molecular formula is C26H26O10. The predicted molar refractivity (Wildman–Crippen MR) is 129 cm³/mol. The Kier molecular flexibility index (Phi) is 6.01. The highest BCUT2D eigenvalue weighted by atomic mass is 16.6. The van der Waals surface area contributed by atoms with Crippen LogP contribution in [0.4, 0.5) is 0 Å². The molecule has 190 valence electrons. The molecule has 0 radical (unpaired) electrons. The summed E-state index contributed by atoms with van der Waals surface area (Å²) in [6, 6.07) is 7.60. The first-order valence-corrected chi connectivity index (χ1v) is 11.3. The number of aliphatic hydroxyl groups is 4. The molecular weight excluding hydrogens is 472 g/mol. The highest BCUT2D eigenvalue weighted by Crippen LogP contribution is 2.47. The highest BCUT2D eigenvalue weighted by molar-refractivity contribution is 6.19. The predicted octanol–water partition coefficient (Wildman–Crippen LogP) is 1.86. The Morgan fingerprint density at radius 3 is 2.28 bits per heavy atom. The van der Waals surface area contributed by atoms with Gasteiger partial charge in [0.25, 0.3) is 0 Å². The van der Waals surface area contributed by atoms with Crippen molar-refractivity contribution in [2.45, 2.75) is 44.1 Å². The first kappa shape index (κ1) is 24.3. The van der Waals surface area contributed by atoms with Crippen LogP contribution in [-0.2, 0) is 11.3 Å². The molecule has 4 aromatic rings. The number of aliphatic hydroxyl groups excluding tert-OH is 4. The van der Waals surface area contributed by atoms with E-state index in [0.717, 1.165) is 0 Å². The van der Waals surface area contributed by atoms with Gasteiger partial charge in [0.15, 0.2) is 0 Å². The lowest BCUT2D eigenvalue weighted by atomic mass is 9.92. The molecule has 2 heterocycles. The second-order valence-corrected chi connectivity index (χ2v) is 8.89. The molecule has 1 aliphatic rings. The number of benzene rings is 3. The van der Waals surface area contributed by atoms with E-state index in [1.54, 1.807) is 12.1 Å². The molecule has 1 fully saturated rings. The molecule has 10 nitrogen and oxygen atoms in total. The van der Waals surface area contributed by atoms with Crippen molar-refractivity contribution >= 4 is 32.5 Å². The number of ether oxygens (including phenoxy) is 3. The van der Waals surface area contributed by atoms with Gasteiger partial charge in [-0.15, -0.1) is 0 Å². The summed E-state index contributed by atoms with van der Waals surface area (Å²) in [7, 11) is 2.86. The molecule has 0 saturated carbocycles. The van der Waals surface area contributed by atoms with Gasteiger partial charge in [0, 0.05) is 16.2 Å². The number of methoxy groups -OCH3 is 2. The summed E-state index contributed by atoms with van der Waals surface area (Å²) in [5.41, 5.74) is 0.143. The maximum absolute atomic E-state index is 13.2. The van der Waals surface area contributed by atoms with E-state index in [4.69, 9.17) is 18.6 Å². The van der Waals surface area contributed by atoms with Crippen LogP contribution < -0.4 is 15.1 Å². The molecule has 0 aliphatic carbocycles. The maximum atomic E-state index is 13.2. The zero-order valence-corrected chi connectivity index (χ0v) is 19.8. The summed E-state index contributed by atoms with van der Waals surface area (Å²) in [6.07, 6.45) is -6.03. The van der Waals surface area contributed by atoms with Crippen LogP contribution in [0.15, 0.2) is 39.5 Å². The fourth-order valence-corrected chi connectivity index (χ4v) is 5.07. The van der Waals surface area contributed by atoms with E-state index in [1.165, 1.54) is 39.3 Å². The molecule has 3 aromatic carbocycles. The third-order valence-corrected chi connectivity index (χ3v) is 6.76. The molecule has 36 heavy (non-hydrogen) atoms. The SMILES string of the molecule is COc1cc2c(oc(=O)c3cc(CO)cc(OC)c32)c2c([C@H]3O[C@@H]([C@@H](C)O)[C@H](O)[C@H]3O)ccc(O)c12. The minimum Gasteiger partial charge on any atom is -0.507 e. The number of phenolic OH excluding ortho intramolecular Hbond substituents is 1. The molecule has 1 aromatic heterocycles. The molecule has 0 unspecified atom stereocenters. The van der Waals surface area contributed by atoms with Crippen LogP contribution >= 0.6 is 0 Å².